The summed E-state index contributed by atoms with van der Waals surface area (Å²) in [6.45, 7) is 0. The van der Waals surface area contributed by atoms with Crippen LogP contribution in [0.15, 0.2) is 10.9 Å². The second-order valence-electron chi connectivity index (χ2n) is 2.53. The van der Waals surface area contributed by atoms with Crippen molar-refractivity contribution in [1.82, 2.24) is 4.98 Å². The van der Waals surface area contributed by atoms with Crippen molar-refractivity contribution in [2.45, 2.75) is 12.3 Å². The van der Waals surface area contributed by atoms with Gasteiger partial charge in [-0.25, -0.2) is 8.78 Å². The van der Waals surface area contributed by atoms with Gasteiger partial charge in [-0.2, -0.15) is 0 Å². The monoisotopic (exact) mass is 223 g/mol. The van der Waals surface area contributed by atoms with Gasteiger partial charge in [0.2, 0.25) is 0 Å². The zero-order valence-corrected chi connectivity index (χ0v) is 8.07. The Bertz CT molecular complexity index is 378. The lowest BCUT2D eigenvalue weighted by Crippen LogP contribution is -2.14. The minimum absolute atomic E-state index is 0.00832. The first-order chi connectivity index (χ1) is 6.60. The lowest BCUT2D eigenvalue weighted by Gasteiger charge is -2.07. The first kappa shape index (κ1) is 11.0. The second-order valence-corrected chi connectivity index (χ2v) is 2.80. The molecule has 0 aliphatic carbocycles. The van der Waals surface area contributed by atoms with Crippen molar-refractivity contribution < 1.29 is 13.5 Å². The molecule has 3 nitrogen and oxygen atoms in total. The highest BCUT2D eigenvalue weighted by Gasteiger charge is 2.18. The van der Waals surface area contributed by atoms with Gasteiger partial charge in [0.05, 0.1) is 18.6 Å². The van der Waals surface area contributed by atoms with E-state index in [-0.39, 0.29) is 17.5 Å². The maximum atomic E-state index is 12.4. The van der Waals surface area contributed by atoms with E-state index in [4.69, 9.17) is 16.3 Å². The SMILES string of the molecule is COc1cc(=O)c(C(F)F)c(CCl)[nH]1. The van der Waals surface area contributed by atoms with E-state index in [1.165, 1.54) is 7.11 Å². The summed E-state index contributed by atoms with van der Waals surface area (Å²) >= 11 is 5.42. The zero-order valence-electron chi connectivity index (χ0n) is 7.31. The fraction of sp³-hybridized carbons (Fsp3) is 0.375. The average Bonchev–Trinajstić information content (AvgIpc) is 2.15. The molecule has 0 fully saturated rings. The van der Waals surface area contributed by atoms with Gasteiger partial charge in [0, 0.05) is 11.8 Å². The first-order valence-corrected chi connectivity index (χ1v) is 4.27. The summed E-state index contributed by atoms with van der Waals surface area (Å²) in [5.41, 5.74) is -1.38. The molecule has 1 heterocycles. The highest BCUT2D eigenvalue weighted by Crippen LogP contribution is 2.21. The van der Waals surface area contributed by atoms with Crippen LogP contribution in [0.3, 0.4) is 0 Å². The summed E-state index contributed by atoms with van der Waals surface area (Å²) in [6, 6.07) is 0.970. The van der Waals surface area contributed by atoms with Crippen LogP contribution in [0.4, 0.5) is 8.78 Å². The molecule has 1 aromatic rings. The van der Waals surface area contributed by atoms with Crippen molar-refractivity contribution in [2.24, 2.45) is 0 Å². The number of ether oxygens (including phenoxy) is 1. The van der Waals surface area contributed by atoms with Crippen molar-refractivity contribution >= 4 is 11.6 Å². The van der Waals surface area contributed by atoms with E-state index in [1.54, 1.807) is 0 Å². The second kappa shape index (κ2) is 4.41. The van der Waals surface area contributed by atoms with Gasteiger partial charge in [-0.1, -0.05) is 0 Å². The van der Waals surface area contributed by atoms with Gasteiger partial charge in [-0.15, -0.1) is 11.6 Å². The third-order valence-corrected chi connectivity index (χ3v) is 1.97. The van der Waals surface area contributed by atoms with Gasteiger partial charge in [0.25, 0.3) is 6.43 Å². The zero-order chi connectivity index (χ0) is 10.7. The maximum absolute atomic E-state index is 12.4. The molecular formula is C8H8ClF2NO2. The van der Waals surface area contributed by atoms with Gasteiger partial charge in [-0.05, 0) is 0 Å². The number of nitrogens with one attached hydrogen (secondary N) is 1. The van der Waals surface area contributed by atoms with Crippen LogP contribution in [-0.2, 0) is 5.88 Å². The molecule has 0 aromatic carbocycles. The van der Waals surface area contributed by atoms with Crippen molar-refractivity contribution in [1.29, 1.82) is 0 Å². The highest BCUT2D eigenvalue weighted by molar-refractivity contribution is 6.17. The Hall–Kier alpha value is -1.10. The quantitative estimate of drug-likeness (QED) is 0.797. The maximum Gasteiger partial charge on any atom is 0.269 e. The van der Waals surface area contributed by atoms with E-state index in [0.717, 1.165) is 6.07 Å². The molecule has 1 N–H and O–H groups in total. The lowest BCUT2D eigenvalue weighted by molar-refractivity contribution is 0.148. The van der Waals surface area contributed by atoms with Gasteiger partial charge in [0.1, 0.15) is 0 Å². The summed E-state index contributed by atoms with van der Waals surface area (Å²) in [5.74, 6) is -0.0680. The smallest absolute Gasteiger partial charge is 0.269 e. The molecule has 1 rings (SSSR count). The Morgan fingerprint density at radius 1 is 1.64 bits per heavy atom. The summed E-state index contributed by atoms with van der Waals surface area (Å²) in [5, 5.41) is 0. The Kier molecular flexibility index (Phi) is 3.46. The van der Waals surface area contributed by atoms with Crippen LogP contribution in [0.1, 0.15) is 17.7 Å². The van der Waals surface area contributed by atoms with E-state index >= 15 is 0 Å². The molecule has 0 amide bonds. The third kappa shape index (κ3) is 2.04. The molecule has 6 heteroatoms. The molecular weight excluding hydrogens is 216 g/mol. The van der Waals surface area contributed by atoms with Crippen LogP contribution in [-0.4, -0.2) is 12.1 Å². The Labute approximate surface area is 83.7 Å². The number of hydrogen-bond acceptors (Lipinski definition) is 2. The number of rotatable bonds is 3. The van der Waals surface area contributed by atoms with Gasteiger partial charge < -0.3 is 9.72 Å². The van der Waals surface area contributed by atoms with E-state index in [9.17, 15) is 13.6 Å². The number of aromatic amines is 1. The molecule has 0 aliphatic heterocycles. The summed E-state index contributed by atoms with van der Waals surface area (Å²) in [4.78, 5) is 13.7. The summed E-state index contributed by atoms with van der Waals surface area (Å²) in [6.07, 6.45) is -2.83. The molecule has 78 valence electrons. The van der Waals surface area contributed by atoms with E-state index in [0.29, 0.717) is 0 Å². The van der Waals surface area contributed by atoms with Crippen LogP contribution in [0.25, 0.3) is 0 Å². The molecule has 0 unspecified atom stereocenters. The predicted molar refractivity (Wildman–Crippen MR) is 48.1 cm³/mol. The minimum Gasteiger partial charge on any atom is -0.482 e. The Morgan fingerprint density at radius 3 is 2.71 bits per heavy atom. The Balaban J connectivity index is 3.35. The molecule has 0 radical (unpaired) electrons. The normalized spacial score (nSPS) is 10.6. The average molecular weight is 224 g/mol. The summed E-state index contributed by atoms with van der Waals surface area (Å²) in [7, 11) is 1.32. The van der Waals surface area contributed by atoms with Crippen molar-refractivity contribution in [3.8, 4) is 5.88 Å². The molecule has 0 bridgehead atoms. The summed E-state index contributed by atoms with van der Waals surface area (Å²) < 4.78 is 29.5. The van der Waals surface area contributed by atoms with Gasteiger partial charge in [0.15, 0.2) is 11.3 Å². The number of pyridine rings is 1. The van der Waals surface area contributed by atoms with Gasteiger partial charge >= 0.3 is 0 Å². The van der Waals surface area contributed by atoms with Crippen molar-refractivity contribution in [3.05, 3.63) is 27.5 Å². The lowest BCUT2D eigenvalue weighted by atomic mass is 10.2. The van der Waals surface area contributed by atoms with E-state index < -0.39 is 17.4 Å². The van der Waals surface area contributed by atoms with Crippen molar-refractivity contribution in [2.75, 3.05) is 7.11 Å². The van der Waals surface area contributed by atoms with Crippen LogP contribution in [0.5, 0.6) is 5.88 Å². The third-order valence-electron chi connectivity index (χ3n) is 1.70. The number of alkyl halides is 3. The van der Waals surface area contributed by atoms with E-state index in [1.807, 2.05) is 0 Å². The van der Waals surface area contributed by atoms with E-state index in [2.05, 4.69) is 4.98 Å². The minimum atomic E-state index is -2.83. The molecule has 0 atom stereocenters. The molecule has 0 saturated heterocycles. The number of hydrogen-bond donors (Lipinski definition) is 1. The van der Waals surface area contributed by atoms with Crippen LogP contribution < -0.4 is 10.2 Å². The fourth-order valence-electron chi connectivity index (χ4n) is 1.05. The number of methoxy groups -OCH3 is 1. The fourth-order valence-corrected chi connectivity index (χ4v) is 1.26. The molecule has 1 aromatic heterocycles. The van der Waals surface area contributed by atoms with Crippen LogP contribution >= 0.6 is 11.6 Å². The standard InChI is InChI=1S/C8H8ClF2NO2/c1-14-6-2-5(13)7(8(10)11)4(3-9)12-6/h2,8H,3H2,1H3,(H,12,13). The van der Waals surface area contributed by atoms with Gasteiger partial charge in [-0.3, -0.25) is 4.79 Å². The topological polar surface area (TPSA) is 42.1 Å². The molecule has 0 aliphatic rings. The van der Waals surface area contributed by atoms with Crippen molar-refractivity contribution in [3.63, 3.8) is 0 Å². The molecule has 14 heavy (non-hydrogen) atoms. The van der Waals surface area contributed by atoms with Crippen LogP contribution in [0.2, 0.25) is 0 Å². The number of aromatic nitrogens is 1. The number of halogens is 3. The highest BCUT2D eigenvalue weighted by atomic mass is 35.5. The van der Waals surface area contributed by atoms with Crippen LogP contribution in [0, 0.1) is 0 Å². The first-order valence-electron chi connectivity index (χ1n) is 3.74. The predicted octanol–water partition coefficient (Wildman–Crippen LogP) is 2.06. The Morgan fingerprint density at radius 2 is 2.29 bits per heavy atom. The number of H-pyrrole nitrogens is 1. The largest absolute Gasteiger partial charge is 0.482 e. The molecule has 0 saturated carbocycles. The molecule has 0 spiro atoms.